The Morgan fingerprint density at radius 2 is 1.93 bits per heavy atom. The van der Waals surface area contributed by atoms with Crippen molar-refractivity contribution in [3.8, 4) is 22.9 Å². The molecule has 0 saturated carbocycles. The van der Waals surface area contributed by atoms with Crippen molar-refractivity contribution in [2.24, 2.45) is 0 Å². The van der Waals surface area contributed by atoms with Crippen LogP contribution in [0, 0.1) is 0 Å². The number of hydrogen-bond donors (Lipinski definition) is 1. The van der Waals surface area contributed by atoms with Crippen LogP contribution in [0.1, 0.15) is 17.9 Å². The molecule has 1 N–H and O–H groups in total. The average molecular weight is 402 g/mol. The van der Waals surface area contributed by atoms with E-state index in [0.29, 0.717) is 41.2 Å². The highest BCUT2D eigenvalue weighted by Gasteiger charge is 2.13. The first kappa shape index (κ1) is 19.7. The molecule has 0 aliphatic carbocycles. The van der Waals surface area contributed by atoms with Crippen LogP contribution in [-0.2, 0) is 17.8 Å². The quantitative estimate of drug-likeness (QED) is 0.620. The molecule has 0 fully saturated rings. The molecule has 146 valence electrons. The smallest absolute Gasteiger partial charge is 0.227 e. The van der Waals surface area contributed by atoms with Crippen molar-refractivity contribution in [3.05, 3.63) is 58.9 Å². The zero-order valence-electron chi connectivity index (χ0n) is 15.6. The molecule has 0 spiro atoms. The first-order valence-corrected chi connectivity index (χ1v) is 9.03. The number of carbonyl (C=O) groups excluding carboxylic acids is 1. The Morgan fingerprint density at radius 3 is 2.64 bits per heavy atom. The van der Waals surface area contributed by atoms with Crippen LogP contribution in [0.3, 0.4) is 0 Å². The summed E-state index contributed by atoms with van der Waals surface area (Å²) in [6, 6.07) is 12.7. The molecular formula is C20H20ClN3O4. The van der Waals surface area contributed by atoms with Crippen molar-refractivity contribution in [2.45, 2.75) is 19.4 Å². The number of rotatable bonds is 8. The predicted molar refractivity (Wildman–Crippen MR) is 104 cm³/mol. The molecule has 2 aromatic carbocycles. The molecular weight excluding hydrogens is 382 g/mol. The summed E-state index contributed by atoms with van der Waals surface area (Å²) in [5, 5.41) is 7.43. The molecule has 3 aromatic rings. The lowest BCUT2D eigenvalue weighted by Gasteiger charge is -2.13. The van der Waals surface area contributed by atoms with Gasteiger partial charge in [-0.3, -0.25) is 4.79 Å². The van der Waals surface area contributed by atoms with Crippen LogP contribution in [0.25, 0.3) is 11.4 Å². The molecule has 0 aliphatic heterocycles. The van der Waals surface area contributed by atoms with E-state index < -0.39 is 0 Å². The number of aryl methyl sites for hydroxylation is 1. The number of carbonyl (C=O) groups is 1. The van der Waals surface area contributed by atoms with E-state index in [9.17, 15) is 4.79 Å². The molecule has 8 heteroatoms. The normalized spacial score (nSPS) is 10.5. The molecule has 0 atom stereocenters. The third kappa shape index (κ3) is 4.80. The Hall–Kier alpha value is -3.06. The maximum absolute atomic E-state index is 12.2. The molecule has 0 bridgehead atoms. The maximum atomic E-state index is 12.2. The van der Waals surface area contributed by atoms with E-state index in [2.05, 4.69) is 15.5 Å². The van der Waals surface area contributed by atoms with Gasteiger partial charge in [0.2, 0.25) is 17.6 Å². The molecule has 0 saturated heterocycles. The first-order valence-electron chi connectivity index (χ1n) is 8.65. The van der Waals surface area contributed by atoms with Gasteiger partial charge in [0.25, 0.3) is 0 Å². The van der Waals surface area contributed by atoms with Crippen molar-refractivity contribution in [3.63, 3.8) is 0 Å². The van der Waals surface area contributed by atoms with Gasteiger partial charge >= 0.3 is 0 Å². The number of hydrogen-bond acceptors (Lipinski definition) is 6. The summed E-state index contributed by atoms with van der Waals surface area (Å²) in [5.41, 5.74) is 1.63. The van der Waals surface area contributed by atoms with Gasteiger partial charge in [0, 0.05) is 35.5 Å². The second-order valence-electron chi connectivity index (χ2n) is 5.95. The molecule has 1 heterocycles. The van der Waals surface area contributed by atoms with Gasteiger partial charge in [-0.05, 0) is 30.3 Å². The molecule has 0 unspecified atom stereocenters. The fourth-order valence-electron chi connectivity index (χ4n) is 2.67. The molecule has 1 amide bonds. The largest absolute Gasteiger partial charge is 0.493 e. The number of amides is 1. The predicted octanol–water partition coefficient (Wildman–Crippen LogP) is 3.66. The molecule has 0 radical (unpaired) electrons. The Morgan fingerprint density at radius 1 is 1.14 bits per heavy atom. The van der Waals surface area contributed by atoms with Crippen LogP contribution in [0.5, 0.6) is 11.5 Å². The third-order valence-electron chi connectivity index (χ3n) is 4.10. The van der Waals surface area contributed by atoms with Gasteiger partial charge in [-0.1, -0.05) is 28.9 Å². The highest BCUT2D eigenvalue weighted by atomic mass is 35.5. The first-order chi connectivity index (χ1) is 13.6. The number of benzene rings is 2. The standard InChI is InChI=1S/C20H20ClN3O4/c1-26-16-5-3-4-14(19(16)27-2)12-22-17(25)10-11-18-23-20(24-28-18)13-6-8-15(21)9-7-13/h3-9H,10-12H2,1-2H3,(H,22,25). The van der Waals surface area contributed by atoms with Crippen molar-refractivity contribution >= 4 is 17.5 Å². The summed E-state index contributed by atoms with van der Waals surface area (Å²) < 4.78 is 15.8. The lowest BCUT2D eigenvalue weighted by Crippen LogP contribution is -2.23. The fraction of sp³-hybridized carbons (Fsp3) is 0.250. The highest BCUT2D eigenvalue weighted by molar-refractivity contribution is 6.30. The molecule has 7 nitrogen and oxygen atoms in total. The van der Waals surface area contributed by atoms with Gasteiger partial charge in [-0.25, -0.2) is 0 Å². The number of methoxy groups -OCH3 is 2. The lowest BCUT2D eigenvalue weighted by atomic mass is 10.1. The van der Waals surface area contributed by atoms with E-state index in [-0.39, 0.29) is 12.3 Å². The number of para-hydroxylation sites is 1. The van der Waals surface area contributed by atoms with Gasteiger partial charge in [0.05, 0.1) is 14.2 Å². The van der Waals surface area contributed by atoms with Crippen molar-refractivity contribution in [2.75, 3.05) is 14.2 Å². The van der Waals surface area contributed by atoms with Crippen LogP contribution < -0.4 is 14.8 Å². The summed E-state index contributed by atoms with van der Waals surface area (Å²) in [4.78, 5) is 16.5. The molecule has 1 aromatic heterocycles. The van der Waals surface area contributed by atoms with Gasteiger partial charge in [-0.15, -0.1) is 0 Å². The van der Waals surface area contributed by atoms with E-state index >= 15 is 0 Å². The lowest BCUT2D eigenvalue weighted by molar-refractivity contribution is -0.121. The van der Waals surface area contributed by atoms with E-state index in [1.165, 1.54) is 0 Å². The molecule has 0 aliphatic rings. The van der Waals surface area contributed by atoms with E-state index in [4.69, 9.17) is 25.6 Å². The molecule has 3 rings (SSSR count). The van der Waals surface area contributed by atoms with Gasteiger partial charge in [0.1, 0.15) is 0 Å². The number of nitrogens with zero attached hydrogens (tertiary/aromatic N) is 2. The minimum Gasteiger partial charge on any atom is -0.493 e. The van der Waals surface area contributed by atoms with Gasteiger partial charge in [-0.2, -0.15) is 4.98 Å². The summed E-state index contributed by atoms with van der Waals surface area (Å²) >= 11 is 5.88. The number of halogens is 1. The number of aromatic nitrogens is 2. The Bertz CT molecular complexity index is 941. The Kier molecular flexibility index (Phi) is 6.49. The average Bonchev–Trinajstić information content (AvgIpc) is 3.19. The van der Waals surface area contributed by atoms with Crippen molar-refractivity contribution in [1.82, 2.24) is 15.5 Å². The number of ether oxygens (including phenoxy) is 2. The van der Waals surface area contributed by atoms with Crippen LogP contribution in [0.15, 0.2) is 47.0 Å². The minimum atomic E-state index is -0.129. The highest BCUT2D eigenvalue weighted by Crippen LogP contribution is 2.30. The second kappa shape index (κ2) is 9.23. The van der Waals surface area contributed by atoms with Crippen LogP contribution in [0.4, 0.5) is 0 Å². The second-order valence-corrected chi connectivity index (χ2v) is 6.38. The SMILES string of the molecule is COc1cccc(CNC(=O)CCc2nc(-c3ccc(Cl)cc3)no2)c1OC. The third-order valence-corrected chi connectivity index (χ3v) is 4.35. The fourth-order valence-corrected chi connectivity index (χ4v) is 2.79. The summed E-state index contributed by atoms with van der Waals surface area (Å²) in [7, 11) is 3.14. The summed E-state index contributed by atoms with van der Waals surface area (Å²) in [6.45, 7) is 0.332. The van der Waals surface area contributed by atoms with Crippen molar-refractivity contribution in [1.29, 1.82) is 0 Å². The van der Waals surface area contributed by atoms with Crippen molar-refractivity contribution < 1.29 is 18.8 Å². The van der Waals surface area contributed by atoms with Crippen LogP contribution in [-0.4, -0.2) is 30.3 Å². The summed E-state index contributed by atoms with van der Waals surface area (Å²) in [5.74, 6) is 1.97. The minimum absolute atomic E-state index is 0.129. The van der Waals surface area contributed by atoms with E-state index in [1.807, 2.05) is 24.3 Å². The zero-order chi connectivity index (χ0) is 19.9. The van der Waals surface area contributed by atoms with Gasteiger partial charge < -0.3 is 19.3 Å². The van der Waals surface area contributed by atoms with E-state index in [0.717, 1.165) is 11.1 Å². The molecule has 28 heavy (non-hydrogen) atoms. The summed E-state index contributed by atoms with van der Waals surface area (Å²) in [6.07, 6.45) is 0.580. The van der Waals surface area contributed by atoms with Gasteiger partial charge in [0.15, 0.2) is 11.5 Å². The van der Waals surface area contributed by atoms with E-state index in [1.54, 1.807) is 32.4 Å². The van der Waals surface area contributed by atoms with Crippen LogP contribution >= 0.6 is 11.6 Å². The maximum Gasteiger partial charge on any atom is 0.227 e. The number of nitrogens with one attached hydrogen (secondary N) is 1. The Labute approximate surface area is 167 Å². The topological polar surface area (TPSA) is 86.5 Å². The Balaban J connectivity index is 1.53. The monoisotopic (exact) mass is 401 g/mol. The zero-order valence-corrected chi connectivity index (χ0v) is 16.3. The van der Waals surface area contributed by atoms with Crippen LogP contribution in [0.2, 0.25) is 5.02 Å².